The Morgan fingerprint density at radius 2 is 1.81 bits per heavy atom. The zero-order valence-corrected chi connectivity index (χ0v) is 10.7. The molecule has 16 heavy (non-hydrogen) atoms. The minimum atomic E-state index is -0.225. The van der Waals surface area contributed by atoms with E-state index < -0.39 is 0 Å². The van der Waals surface area contributed by atoms with Crippen LogP contribution >= 0.6 is 0 Å². The molecule has 1 atom stereocenters. The lowest BCUT2D eigenvalue weighted by Gasteiger charge is -2.30. The molecule has 1 fully saturated rings. The topological polar surface area (TPSA) is 50.7 Å². The molecule has 0 aromatic heterocycles. The van der Waals surface area contributed by atoms with Gasteiger partial charge in [0.1, 0.15) is 0 Å². The summed E-state index contributed by atoms with van der Waals surface area (Å²) >= 11 is 0. The van der Waals surface area contributed by atoms with Gasteiger partial charge in [-0.1, -0.05) is 12.8 Å². The molecular weight excluding hydrogens is 206 g/mol. The predicted octanol–water partition coefficient (Wildman–Crippen LogP) is 1.14. The van der Waals surface area contributed by atoms with Crippen LogP contribution in [0.5, 0.6) is 0 Å². The molecule has 4 heteroatoms. The fourth-order valence-electron chi connectivity index (χ4n) is 2.49. The van der Waals surface area contributed by atoms with E-state index in [1.807, 2.05) is 6.92 Å². The van der Waals surface area contributed by atoms with Gasteiger partial charge >= 0.3 is 0 Å². The molecule has 1 aliphatic carbocycles. The Balaban J connectivity index is 2.37. The van der Waals surface area contributed by atoms with Crippen molar-refractivity contribution in [3.63, 3.8) is 0 Å². The summed E-state index contributed by atoms with van der Waals surface area (Å²) in [7, 11) is 3.29. The van der Waals surface area contributed by atoms with Crippen molar-refractivity contribution in [3.05, 3.63) is 0 Å². The zero-order chi connectivity index (χ0) is 12.0. The first kappa shape index (κ1) is 13.9. The summed E-state index contributed by atoms with van der Waals surface area (Å²) in [4.78, 5) is 0. The van der Waals surface area contributed by atoms with Gasteiger partial charge in [0.05, 0.1) is 6.04 Å². The lowest BCUT2D eigenvalue weighted by molar-refractivity contribution is -0.120. The molecule has 0 heterocycles. The van der Waals surface area contributed by atoms with Gasteiger partial charge in [0, 0.05) is 32.8 Å². The number of hydrogen-bond acceptors (Lipinski definition) is 4. The third kappa shape index (κ3) is 3.42. The van der Waals surface area contributed by atoms with Gasteiger partial charge in [-0.15, -0.1) is 0 Å². The Morgan fingerprint density at radius 3 is 2.25 bits per heavy atom. The summed E-state index contributed by atoms with van der Waals surface area (Å²) in [5, 5.41) is 12.9. The number of ether oxygens (including phenoxy) is 2. The first-order valence-electron chi connectivity index (χ1n) is 6.07. The minimum absolute atomic E-state index is 0.0836. The first-order chi connectivity index (χ1) is 7.67. The molecule has 0 radical (unpaired) electrons. The Morgan fingerprint density at radius 1 is 1.25 bits per heavy atom. The van der Waals surface area contributed by atoms with Crippen molar-refractivity contribution in [2.45, 2.75) is 44.9 Å². The number of nitrogens with one attached hydrogen (secondary N) is 1. The van der Waals surface area contributed by atoms with E-state index in [2.05, 4.69) is 5.32 Å². The second-order valence-corrected chi connectivity index (χ2v) is 4.87. The van der Waals surface area contributed by atoms with Crippen molar-refractivity contribution in [1.29, 1.82) is 0 Å². The number of hydrogen-bond donors (Lipinski definition) is 2. The molecule has 0 aromatic carbocycles. The van der Waals surface area contributed by atoms with Gasteiger partial charge in [-0.25, -0.2) is 0 Å². The van der Waals surface area contributed by atoms with Gasteiger partial charge < -0.3 is 19.9 Å². The molecule has 1 aliphatic rings. The molecule has 0 aromatic rings. The SMILES string of the molecule is COC(OC)C(C)NCC1(CO)CCCC1. The summed E-state index contributed by atoms with van der Waals surface area (Å²) in [6, 6.07) is 0.138. The van der Waals surface area contributed by atoms with Crippen LogP contribution in [0, 0.1) is 5.41 Å². The van der Waals surface area contributed by atoms with E-state index >= 15 is 0 Å². The molecule has 0 saturated heterocycles. The van der Waals surface area contributed by atoms with E-state index in [0.717, 1.165) is 19.4 Å². The van der Waals surface area contributed by atoms with Crippen LogP contribution in [0.15, 0.2) is 0 Å². The van der Waals surface area contributed by atoms with Crippen molar-refractivity contribution in [3.8, 4) is 0 Å². The average Bonchev–Trinajstić information content (AvgIpc) is 2.77. The van der Waals surface area contributed by atoms with Crippen LogP contribution in [0.4, 0.5) is 0 Å². The van der Waals surface area contributed by atoms with Crippen molar-refractivity contribution in [2.24, 2.45) is 5.41 Å². The molecule has 2 N–H and O–H groups in total. The largest absolute Gasteiger partial charge is 0.396 e. The van der Waals surface area contributed by atoms with Crippen molar-refractivity contribution in [1.82, 2.24) is 5.32 Å². The highest BCUT2D eigenvalue weighted by atomic mass is 16.7. The summed E-state index contributed by atoms with van der Waals surface area (Å²) < 4.78 is 10.4. The van der Waals surface area contributed by atoms with E-state index in [4.69, 9.17) is 9.47 Å². The smallest absolute Gasteiger partial charge is 0.171 e. The highest BCUT2D eigenvalue weighted by Gasteiger charge is 2.33. The summed E-state index contributed by atoms with van der Waals surface area (Å²) in [6.07, 6.45) is 4.47. The standard InChI is InChI=1S/C12H25NO3/c1-10(11(15-2)16-3)13-8-12(9-14)6-4-5-7-12/h10-11,13-14H,4-9H2,1-3H3. The van der Waals surface area contributed by atoms with Gasteiger partial charge in [-0.2, -0.15) is 0 Å². The van der Waals surface area contributed by atoms with E-state index in [1.54, 1.807) is 14.2 Å². The molecule has 1 saturated carbocycles. The van der Waals surface area contributed by atoms with Crippen LogP contribution in [0.2, 0.25) is 0 Å². The molecule has 0 amide bonds. The lowest BCUT2D eigenvalue weighted by atomic mass is 9.87. The van der Waals surface area contributed by atoms with Gasteiger partial charge in [-0.3, -0.25) is 0 Å². The monoisotopic (exact) mass is 231 g/mol. The van der Waals surface area contributed by atoms with Crippen LogP contribution in [-0.2, 0) is 9.47 Å². The number of aliphatic hydroxyl groups excluding tert-OH is 1. The molecule has 0 spiro atoms. The van der Waals surface area contributed by atoms with Crippen LogP contribution in [0.1, 0.15) is 32.6 Å². The van der Waals surface area contributed by atoms with Gasteiger partial charge in [-0.05, 0) is 19.8 Å². The van der Waals surface area contributed by atoms with Crippen LogP contribution < -0.4 is 5.32 Å². The van der Waals surface area contributed by atoms with Crippen molar-refractivity contribution in [2.75, 3.05) is 27.4 Å². The van der Waals surface area contributed by atoms with Crippen LogP contribution in [0.25, 0.3) is 0 Å². The normalized spacial score (nSPS) is 21.6. The number of aliphatic hydroxyl groups is 1. The predicted molar refractivity (Wildman–Crippen MR) is 63.3 cm³/mol. The van der Waals surface area contributed by atoms with Crippen molar-refractivity contribution < 1.29 is 14.6 Å². The van der Waals surface area contributed by atoms with Crippen LogP contribution in [0.3, 0.4) is 0 Å². The zero-order valence-electron chi connectivity index (χ0n) is 10.7. The van der Waals surface area contributed by atoms with E-state index in [1.165, 1.54) is 12.8 Å². The van der Waals surface area contributed by atoms with E-state index in [0.29, 0.717) is 0 Å². The Kier molecular flexibility index (Phi) is 5.69. The van der Waals surface area contributed by atoms with Crippen LogP contribution in [-0.4, -0.2) is 44.8 Å². The van der Waals surface area contributed by atoms with E-state index in [9.17, 15) is 5.11 Å². The fraction of sp³-hybridized carbons (Fsp3) is 1.00. The first-order valence-corrected chi connectivity index (χ1v) is 6.07. The average molecular weight is 231 g/mol. The maximum atomic E-state index is 9.48. The van der Waals surface area contributed by atoms with E-state index in [-0.39, 0.29) is 24.4 Å². The van der Waals surface area contributed by atoms with Gasteiger partial charge in [0.2, 0.25) is 0 Å². The van der Waals surface area contributed by atoms with Gasteiger partial charge in [0.15, 0.2) is 6.29 Å². The Hall–Kier alpha value is -0.160. The second kappa shape index (κ2) is 6.55. The molecule has 96 valence electrons. The Labute approximate surface area is 98.3 Å². The molecular formula is C12H25NO3. The lowest BCUT2D eigenvalue weighted by Crippen LogP contribution is -2.45. The third-order valence-electron chi connectivity index (χ3n) is 3.67. The maximum Gasteiger partial charge on any atom is 0.171 e. The molecule has 1 unspecified atom stereocenters. The molecule has 4 nitrogen and oxygen atoms in total. The minimum Gasteiger partial charge on any atom is -0.396 e. The number of methoxy groups -OCH3 is 2. The summed E-state index contributed by atoms with van der Waals surface area (Å²) in [6.45, 7) is 3.16. The second-order valence-electron chi connectivity index (χ2n) is 4.87. The highest BCUT2D eigenvalue weighted by molar-refractivity contribution is 4.87. The fourth-order valence-corrected chi connectivity index (χ4v) is 2.49. The number of rotatable bonds is 7. The molecule has 1 rings (SSSR count). The summed E-state index contributed by atoms with van der Waals surface area (Å²) in [5.74, 6) is 0. The third-order valence-corrected chi connectivity index (χ3v) is 3.67. The Bertz CT molecular complexity index is 189. The molecule has 0 aliphatic heterocycles. The van der Waals surface area contributed by atoms with Crippen molar-refractivity contribution >= 4 is 0 Å². The highest BCUT2D eigenvalue weighted by Crippen LogP contribution is 2.37. The maximum absolute atomic E-state index is 9.48. The quantitative estimate of drug-likeness (QED) is 0.645. The summed E-state index contributed by atoms with van der Waals surface area (Å²) in [5.41, 5.74) is 0.0836. The molecule has 0 bridgehead atoms. The van der Waals surface area contributed by atoms with Gasteiger partial charge in [0.25, 0.3) is 0 Å².